The van der Waals surface area contributed by atoms with Gasteiger partial charge in [0.25, 0.3) is 0 Å². The van der Waals surface area contributed by atoms with Gasteiger partial charge in [-0.3, -0.25) is 0 Å². The van der Waals surface area contributed by atoms with Crippen LogP contribution in [0.2, 0.25) is 0 Å². The normalized spacial score (nSPS) is 20.7. The van der Waals surface area contributed by atoms with Crippen molar-refractivity contribution in [1.29, 1.82) is 5.26 Å². The molecule has 0 bridgehead atoms. The average molecular weight is 306 g/mol. The Morgan fingerprint density at radius 3 is 2.62 bits per heavy atom. The molecule has 1 aromatic rings. The zero-order valence-corrected chi connectivity index (χ0v) is 13.3. The van der Waals surface area contributed by atoms with Gasteiger partial charge < -0.3 is 4.90 Å². The molecule has 0 aliphatic carbocycles. The lowest BCUT2D eigenvalue weighted by atomic mass is 10.0. The summed E-state index contributed by atoms with van der Waals surface area (Å²) in [7, 11) is -3.26. The fourth-order valence-corrected chi connectivity index (χ4v) is 3.94. The molecule has 0 radical (unpaired) electrons. The third-order valence-corrected chi connectivity index (χ3v) is 5.84. The van der Waals surface area contributed by atoms with Crippen LogP contribution >= 0.6 is 0 Å². The first-order valence-corrected chi connectivity index (χ1v) is 9.12. The molecule has 1 aliphatic heterocycles. The van der Waals surface area contributed by atoms with E-state index in [0.29, 0.717) is 17.0 Å². The lowest BCUT2D eigenvalue weighted by molar-refractivity contribution is 0.298. The Hall–Kier alpha value is -1.38. The molecule has 1 fully saturated rings. The van der Waals surface area contributed by atoms with E-state index in [0.717, 1.165) is 31.8 Å². The van der Waals surface area contributed by atoms with Crippen molar-refractivity contribution in [3.05, 3.63) is 29.8 Å². The van der Waals surface area contributed by atoms with Gasteiger partial charge in [-0.25, -0.2) is 8.42 Å². The lowest BCUT2D eigenvalue weighted by Gasteiger charge is -2.19. The summed E-state index contributed by atoms with van der Waals surface area (Å²) in [6.07, 6.45) is 3.54. The van der Waals surface area contributed by atoms with Gasteiger partial charge in [-0.1, -0.05) is 6.92 Å². The van der Waals surface area contributed by atoms with Crippen LogP contribution < -0.4 is 0 Å². The van der Waals surface area contributed by atoms with Gasteiger partial charge in [0.15, 0.2) is 9.84 Å². The number of benzene rings is 1. The summed E-state index contributed by atoms with van der Waals surface area (Å²) < 4.78 is 24.6. The summed E-state index contributed by atoms with van der Waals surface area (Å²) in [5.74, 6) is 0.887. The van der Waals surface area contributed by atoms with E-state index >= 15 is 0 Å². The number of rotatable bonds is 4. The summed E-state index contributed by atoms with van der Waals surface area (Å²) in [5.41, 5.74) is 0.482. The van der Waals surface area contributed by atoms with Crippen molar-refractivity contribution in [2.75, 3.05) is 25.4 Å². The summed E-state index contributed by atoms with van der Waals surface area (Å²) in [5, 5.41) is 8.75. The van der Waals surface area contributed by atoms with E-state index in [4.69, 9.17) is 5.26 Å². The molecule has 1 saturated heterocycles. The number of nitriles is 1. The van der Waals surface area contributed by atoms with Crippen molar-refractivity contribution in [3.8, 4) is 6.07 Å². The molecule has 21 heavy (non-hydrogen) atoms. The van der Waals surface area contributed by atoms with Crippen molar-refractivity contribution in [2.45, 2.75) is 31.1 Å². The van der Waals surface area contributed by atoms with Crippen LogP contribution in [0.25, 0.3) is 0 Å². The molecule has 114 valence electrons. The predicted octanol–water partition coefficient (Wildman–Crippen LogP) is 2.45. The summed E-state index contributed by atoms with van der Waals surface area (Å²) in [6.45, 7) is 4.84. The van der Waals surface area contributed by atoms with Gasteiger partial charge in [0.2, 0.25) is 0 Å². The summed E-state index contributed by atoms with van der Waals surface area (Å²) in [4.78, 5) is 2.56. The lowest BCUT2D eigenvalue weighted by Crippen LogP contribution is -2.30. The van der Waals surface area contributed by atoms with Crippen molar-refractivity contribution in [2.24, 2.45) is 5.92 Å². The molecule has 1 aliphatic rings. The molecule has 4 nitrogen and oxygen atoms in total. The van der Waals surface area contributed by atoms with Crippen molar-refractivity contribution in [3.63, 3.8) is 0 Å². The highest BCUT2D eigenvalue weighted by molar-refractivity contribution is 7.91. The average Bonchev–Trinajstić information content (AvgIpc) is 2.70. The molecule has 0 spiro atoms. The quantitative estimate of drug-likeness (QED) is 0.857. The Balaban J connectivity index is 1.96. The topological polar surface area (TPSA) is 61.2 Å². The standard InChI is InChI=1S/C16H22N2O2S/c1-14-3-2-9-18(10-8-14)11-12-21(19,20)16-6-4-15(13-17)5-7-16/h4-7,14H,2-3,8-12H2,1H3. The van der Waals surface area contributed by atoms with Gasteiger partial charge >= 0.3 is 0 Å². The fourth-order valence-electron chi connectivity index (χ4n) is 2.65. The maximum Gasteiger partial charge on any atom is 0.179 e. The Morgan fingerprint density at radius 1 is 1.24 bits per heavy atom. The molecule has 1 heterocycles. The second kappa shape index (κ2) is 7.06. The molecule has 5 heteroatoms. The summed E-state index contributed by atoms with van der Waals surface area (Å²) in [6, 6.07) is 8.16. The minimum absolute atomic E-state index is 0.146. The van der Waals surface area contributed by atoms with Gasteiger partial charge in [0.1, 0.15) is 0 Å². The molecule has 0 aromatic heterocycles. The van der Waals surface area contributed by atoms with Gasteiger partial charge in [-0.2, -0.15) is 5.26 Å². The van der Waals surface area contributed by atoms with Crippen LogP contribution in [-0.2, 0) is 9.84 Å². The van der Waals surface area contributed by atoms with E-state index in [1.54, 1.807) is 12.1 Å². The van der Waals surface area contributed by atoms with Crippen LogP contribution in [0.4, 0.5) is 0 Å². The van der Waals surface area contributed by atoms with Crippen LogP contribution in [0.15, 0.2) is 29.2 Å². The van der Waals surface area contributed by atoms with E-state index in [2.05, 4.69) is 11.8 Å². The number of nitrogens with zero attached hydrogens (tertiary/aromatic N) is 2. The van der Waals surface area contributed by atoms with E-state index < -0.39 is 9.84 Å². The van der Waals surface area contributed by atoms with E-state index in [9.17, 15) is 8.42 Å². The van der Waals surface area contributed by atoms with Gasteiger partial charge in [-0.05, 0) is 62.5 Å². The zero-order chi connectivity index (χ0) is 15.3. The molecular formula is C16H22N2O2S. The number of sulfone groups is 1. The molecule has 2 rings (SSSR count). The van der Waals surface area contributed by atoms with E-state index in [1.807, 2.05) is 6.07 Å². The fraction of sp³-hybridized carbons (Fsp3) is 0.562. The van der Waals surface area contributed by atoms with E-state index in [1.165, 1.54) is 18.6 Å². The van der Waals surface area contributed by atoms with Crippen LogP contribution in [0.5, 0.6) is 0 Å². The van der Waals surface area contributed by atoms with Crippen molar-refractivity contribution < 1.29 is 8.42 Å². The Bertz CT molecular complexity index is 602. The van der Waals surface area contributed by atoms with Gasteiger partial charge in [0.05, 0.1) is 22.3 Å². The second-order valence-electron chi connectivity index (χ2n) is 5.83. The molecule has 1 aromatic carbocycles. The molecular weight excluding hydrogens is 284 g/mol. The molecule has 1 atom stereocenters. The van der Waals surface area contributed by atoms with Crippen LogP contribution in [-0.4, -0.2) is 38.7 Å². The Labute approximate surface area is 127 Å². The molecule has 0 saturated carbocycles. The highest BCUT2D eigenvalue weighted by Gasteiger charge is 2.18. The molecule has 0 amide bonds. The first-order chi connectivity index (χ1) is 10.0. The van der Waals surface area contributed by atoms with Gasteiger partial charge in [-0.15, -0.1) is 0 Å². The monoisotopic (exact) mass is 306 g/mol. The second-order valence-corrected chi connectivity index (χ2v) is 7.94. The zero-order valence-electron chi connectivity index (χ0n) is 12.5. The summed E-state index contributed by atoms with van der Waals surface area (Å²) >= 11 is 0. The molecule has 1 unspecified atom stereocenters. The van der Waals surface area contributed by atoms with Gasteiger partial charge in [0, 0.05) is 6.54 Å². The maximum absolute atomic E-state index is 12.3. The largest absolute Gasteiger partial charge is 0.302 e. The number of likely N-dealkylation sites (tertiary alicyclic amines) is 1. The third-order valence-electron chi connectivity index (χ3n) is 4.13. The third kappa shape index (κ3) is 4.55. The first-order valence-electron chi connectivity index (χ1n) is 7.46. The van der Waals surface area contributed by atoms with Crippen molar-refractivity contribution >= 4 is 9.84 Å². The Morgan fingerprint density at radius 2 is 1.95 bits per heavy atom. The van der Waals surface area contributed by atoms with Crippen LogP contribution in [0.3, 0.4) is 0 Å². The smallest absolute Gasteiger partial charge is 0.179 e. The highest BCUT2D eigenvalue weighted by Crippen LogP contribution is 2.17. The predicted molar refractivity (Wildman–Crippen MR) is 82.7 cm³/mol. The first kappa shape index (κ1) is 16.0. The Kier molecular flexibility index (Phi) is 5.38. The highest BCUT2D eigenvalue weighted by atomic mass is 32.2. The van der Waals surface area contributed by atoms with E-state index in [-0.39, 0.29) is 5.75 Å². The minimum atomic E-state index is -3.26. The molecule has 0 N–H and O–H groups in total. The van der Waals surface area contributed by atoms with Crippen molar-refractivity contribution in [1.82, 2.24) is 4.90 Å². The maximum atomic E-state index is 12.3. The number of hydrogen-bond donors (Lipinski definition) is 0. The number of hydrogen-bond acceptors (Lipinski definition) is 4. The SMILES string of the molecule is CC1CCCN(CCS(=O)(=O)c2ccc(C#N)cc2)CC1. The van der Waals surface area contributed by atoms with Crippen LogP contribution in [0.1, 0.15) is 31.7 Å². The van der Waals surface area contributed by atoms with Crippen LogP contribution in [0, 0.1) is 17.2 Å². The minimum Gasteiger partial charge on any atom is -0.302 e.